The van der Waals surface area contributed by atoms with Crippen molar-refractivity contribution in [2.45, 2.75) is 53.2 Å². The molecule has 0 aliphatic carbocycles. The summed E-state index contributed by atoms with van der Waals surface area (Å²) in [6.07, 6.45) is 0.327. The maximum Gasteiger partial charge on any atom is 0.478 e. The van der Waals surface area contributed by atoms with E-state index in [0.29, 0.717) is 5.57 Å². The average molecular weight is 650 g/mol. The van der Waals surface area contributed by atoms with E-state index in [-0.39, 0.29) is 45.2 Å². The highest BCUT2D eigenvalue weighted by atomic mass is 31.2. The molecule has 1 aliphatic heterocycles. The van der Waals surface area contributed by atoms with E-state index in [4.69, 9.17) is 27.8 Å². The fraction of sp³-hybridized carbons (Fsp3) is 0.667. The van der Waals surface area contributed by atoms with Crippen LogP contribution in [0.2, 0.25) is 0 Å². The highest BCUT2D eigenvalue weighted by Crippen LogP contribution is 2.57. The second-order valence-corrected chi connectivity index (χ2v) is 12.3. The van der Waals surface area contributed by atoms with E-state index in [9.17, 15) is 28.5 Å². The summed E-state index contributed by atoms with van der Waals surface area (Å²) >= 11 is 0. The quantitative estimate of drug-likeness (QED) is 0.0619. The Bertz CT molecular complexity index is 1110. The van der Waals surface area contributed by atoms with Gasteiger partial charge in [0.2, 0.25) is 6.79 Å². The predicted molar refractivity (Wildman–Crippen MR) is 155 cm³/mol. The highest BCUT2D eigenvalue weighted by molar-refractivity contribution is 7.48. The molecule has 2 N–H and O–H groups in total. The summed E-state index contributed by atoms with van der Waals surface area (Å²) in [5.41, 5.74) is -0.323. The topological polar surface area (TPSA) is 194 Å². The summed E-state index contributed by atoms with van der Waals surface area (Å²) in [5, 5.41) is 4.75. The number of nitrogens with one attached hydrogen (secondary N) is 2. The third kappa shape index (κ3) is 13.5. The van der Waals surface area contributed by atoms with E-state index in [1.165, 1.54) is 19.1 Å². The van der Waals surface area contributed by atoms with Gasteiger partial charge in [0, 0.05) is 19.0 Å². The van der Waals surface area contributed by atoms with Crippen LogP contribution in [-0.4, -0.2) is 101 Å². The molecule has 0 aromatic heterocycles. The first-order chi connectivity index (χ1) is 20.5. The molecule has 0 radical (unpaired) electrons. The van der Waals surface area contributed by atoms with Crippen molar-refractivity contribution in [2.75, 3.05) is 53.9 Å². The minimum Gasteiger partial charge on any atom is -0.469 e. The third-order valence-corrected chi connectivity index (χ3v) is 7.36. The Balaban J connectivity index is 2.48. The molecule has 0 bridgehead atoms. The number of likely N-dealkylation sites (N-methyl/N-ethyl adjacent to an activating group) is 1. The molecule has 16 nitrogen and oxygen atoms in total. The van der Waals surface area contributed by atoms with Crippen LogP contribution in [0.3, 0.4) is 0 Å². The van der Waals surface area contributed by atoms with Crippen molar-refractivity contribution in [3.05, 3.63) is 24.3 Å². The van der Waals surface area contributed by atoms with E-state index in [0.717, 1.165) is 0 Å². The van der Waals surface area contributed by atoms with E-state index >= 15 is 0 Å². The fourth-order valence-corrected chi connectivity index (χ4v) is 4.94. The molecule has 17 heteroatoms. The Hall–Kier alpha value is -3.46. The van der Waals surface area contributed by atoms with Crippen molar-refractivity contribution < 1.29 is 61.1 Å². The summed E-state index contributed by atoms with van der Waals surface area (Å²) in [6, 6.07) is -1.00. The maximum atomic E-state index is 13.0. The molecule has 44 heavy (non-hydrogen) atoms. The van der Waals surface area contributed by atoms with Crippen molar-refractivity contribution in [3.8, 4) is 0 Å². The number of carbonyl (C=O) groups excluding carboxylic acids is 5. The van der Waals surface area contributed by atoms with E-state index in [1.807, 2.05) is 0 Å². The lowest BCUT2D eigenvalue weighted by atomic mass is 9.86. The Kier molecular flexibility index (Phi) is 16.1. The summed E-state index contributed by atoms with van der Waals surface area (Å²) < 4.78 is 48.2. The largest absolute Gasteiger partial charge is 0.478 e. The standard InChI is InChI=1S/C27H44N3O13P/c1-9-10-19(4)15-39-26(35)29-21(18(2)3)24(33)38-14-12-28-25(34)40-17-42-44(36)41-16-27(5,6)22(43-44)23(32)30(7)13-11-20(31)37-8/h9-10,18,21-22H,4,11-17H2,1-3,5-8H3,(H,28,34)(H,29,35)/b10-9-/t21-,22-,44?/m0/s1. The fourth-order valence-electron chi connectivity index (χ4n) is 3.44. The lowest BCUT2D eigenvalue weighted by Crippen LogP contribution is -2.50. The van der Waals surface area contributed by atoms with Crippen LogP contribution in [0, 0.1) is 11.3 Å². The number of ether oxygens (including phenoxy) is 4. The lowest BCUT2D eigenvalue weighted by molar-refractivity contribution is -0.153. The van der Waals surface area contributed by atoms with Gasteiger partial charge < -0.3 is 34.5 Å². The normalized spacial score (nSPS) is 19.9. The minimum absolute atomic E-state index is 0.0425. The van der Waals surface area contributed by atoms with Gasteiger partial charge in [0.05, 0.1) is 26.7 Å². The Morgan fingerprint density at radius 2 is 1.82 bits per heavy atom. The minimum atomic E-state index is -4.30. The molecule has 0 spiro atoms. The summed E-state index contributed by atoms with van der Waals surface area (Å²) in [5.74, 6) is -2.12. The summed E-state index contributed by atoms with van der Waals surface area (Å²) in [7, 11) is -1.62. The van der Waals surface area contributed by atoms with Gasteiger partial charge in [-0.05, 0) is 18.4 Å². The summed E-state index contributed by atoms with van der Waals surface area (Å²) in [4.78, 5) is 62.1. The number of carbonyl (C=O) groups is 5. The molecule has 3 atom stereocenters. The van der Waals surface area contributed by atoms with Gasteiger partial charge in [-0.25, -0.2) is 23.5 Å². The molecule has 1 saturated heterocycles. The number of rotatable bonds is 16. The van der Waals surface area contributed by atoms with Gasteiger partial charge in [0.25, 0.3) is 5.91 Å². The van der Waals surface area contributed by atoms with Crippen LogP contribution in [0.25, 0.3) is 0 Å². The van der Waals surface area contributed by atoms with Crippen LogP contribution in [0.15, 0.2) is 24.3 Å². The van der Waals surface area contributed by atoms with Crippen molar-refractivity contribution in [1.82, 2.24) is 15.5 Å². The number of hydrogen-bond donors (Lipinski definition) is 2. The number of alkyl carbamates (subject to hydrolysis) is 2. The van der Waals surface area contributed by atoms with Crippen LogP contribution in [0.1, 0.15) is 41.0 Å². The molecule has 1 heterocycles. The number of allylic oxidation sites excluding steroid dienone is 1. The number of phosphoric ester groups is 1. The highest BCUT2D eigenvalue weighted by Gasteiger charge is 2.50. The van der Waals surface area contributed by atoms with Crippen molar-refractivity contribution >= 4 is 37.9 Å². The third-order valence-electron chi connectivity index (χ3n) is 6.02. The smallest absolute Gasteiger partial charge is 0.469 e. The molecular formula is C27H44N3O13P. The number of esters is 2. The van der Waals surface area contributed by atoms with Gasteiger partial charge in [-0.2, -0.15) is 0 Å². The molecule has 0 aromatic rings. The molecule has 250 valence electrons. The molecule has 1 rings (SSSR count). The second-order valence-electron chi connectivity index (χ2n) is 10.7. The van der Waals surface area contributed by atoms with Gasteiger partial charge in [0.15, 0.2) is 6.10 Å². The monoisotopic (exact) mass is 649 g/mol. The molecule has 1 unspecified atom stereocenters. The zero-order chi connectivity index (χ0) is 33.5. The van der Waals surface area contributed by atoms with Gasteiger partial charge >= 0.3 is 31.9 Å². The predicted octanol–water partition coefficient (Wildman–Crippen LogP) is 2.68. The van der Waals surface area contributed by atoms with Crippen molar-refractivity contribution in [1.29, 1.82) is 0 Å². The van der Waals surface area contributed by atoms with E-state index in [1.54, 1.807) is 46.8 Å². The molecule has 0 aromatic carbocycles. The summed E-state index contributed by atoms with van der Waals surface area (Å²) in [6.45, 7) is 10.8. The Morgan fingerprint density at radius 1 is 1.14 bits per heavy atom. The number of phosphoric acid groups is 1. The van der Waals surface area contributed by atoms with Gasteiger partial charge in [0.1, 0.15) is 19.3 Å². The van der Waals surface area contributed by atoms with Gasteiger partial charge in [-0.3, -0.25) is 18.6 Å². The van der Waals surface area contributed by atoms with E-state index < -0.39 is 62.2 Å². The zero-order valence-electron chi connectivity index (χ0n) is 26.2. The zero-order valence-corrected chi connectivity index (χ0v) is 27.1. The lowest BCUT2D eigenvalue weighted by Gasteiger charge is -2.40. The van der Waals surface area contributed by atoms with Crippen molar-refractivity contribution in [2.24, 2.45) is 11.3 Å². The van der Waals surface area contributed by atoms with Crippen LogP contribution in [0.5, 0.6) is 0 Å². The van der Waals surface area contributed by atoms with Crippen LogP contribution < -0.4 is 10.6 Å². The number of amides is 3. The van der Waals surface area contributed by atoms with Gasteiger partial charge in [-0.1, -0.05) is 46.4 Å². The second kappa shape index (κ2) is 18.4. The van der Waals surface area contributed by atoms with E-state index in [2.05, 4.69) is 21.9 Å². The number of hydrogen-bond acceptors (Lipinski definition) is 13. The first-order valence-electron chi connectivity index (χ1n) is 13.8. The maximum absolute atomic E-state index is 13.0. The molecule has 1 aliphatic rings. The Morgan fingerprint density at radius 3 is 2.43 bits per heavy atom. The molecular weight excluding hydrogens is 605 g/mol. The van der Waals surface area contributed by atoms with Crippen molar-refractivity contribution in [3.63, 3.8) is 0 Å². The van der Waals surface area contributed by atoms with Crippen LogP contribution >= 0.6 is 7.82 Å². The average Bonchev–Trinajstić information content (AvgIpc) is 2.96. The molecule has 1 fully saturated rings. The number of methoxy groups -OCH3 is 1. The molecule has 3 amide bonds. The molecule has 0 saturated carbocycles. The first kappa shape index (κ1) is 38.6. The number of nitrogens with zero attached hydrogens (tertiary/aromatic N) is 1. The Labute approximate surface area is 257 Å². The van der Waals surface area contributed by atoms with Gasteiger partial charge in [-0.15, -0.1) is 0 Å². The van der Waals surface area contributed by atoms with Crippen LogP contribution in [-0.2, 0) is 51.5 Å². The first-order valence-corrected chi connectivity index (χ1v) is 15.2. The SMILES string of the molecule is C=C(/C=C\C)COC(=O)N[C@H](C(=O)OCCNC(=O)OCOP1(=O)OCC(C)(C)[C@H](C(=O)N(C)CCC(=O)OC)O1)C(C)C. The van der Waals surface area contributed by atoms with Crippen LogP contribution in [0.4, 0.5) is 9.59 Å².